The largest absolute Gasteiger partial charge is 1.00 e. The van der Waals surface area contributed by atoms with Crippen LogP contribution in [0.15, 0.2) is 12.2 Å². The lowest BCUT2D eigenvalue weighted by molar-refractivity contribution is -0.929. The second-order valence-corrected chi connectivity index (χ2v) is 10.2. The van der Waals surface area contributed by atoms with Gasteiger partial charge in [-0.2, -0.15) is 0 Å². The van der Waals surface area contributed by atoms with Crippen molar-refractivity contribution >= 4 is 0 Å². The molecule has 0 saturated heterocycles. The fourth-order valence-electron chi connectivity index (χ4n) is 4.85. The van der Waals surface area contributed by atoms with Crippen LogP contribution in [0.1, 0.15) is 156 Å². The van der Waals surface area contributed by atoms with Crippen molar-refractivity contribution in [3.8, 4) is 0 Å². The van der Waals surface area contributed by atoms with Crippen LogP contribution in [0, 0.1) is 0 Å². The van der Waals surface area contributed by atoms with E-state index >= 15 is 0 Å². The minimum Gasteiger partial charge on any atom is -1.00 e. The minimum atomic E-state index is 0. The van der Waals surface area contributed by atoms with Crippen molar-refractivity contribution in [2.45, 2.75) is 156 Å². The van der Waals surface area contributed by atoms with Gasteiger partial charge in [0, 0.05) is 0 Å². The highest BCUT2D eigenvalue weighted by Gasteiger charge is 2.24. The molecule has 2 heteroatoms. The Morgan fingerprint density at radius 1 is 0.375 bits per heavy atom. The fourth-order valence-corrected chi connectivity index (χ4v) is 4.85. The zero-order valence-corrected chi connectivity index (χ0v) is 24.5. The van der Waals surface area contributed by atoms with E-state index in [4.69, 9.17) is 0 Å². The minimum absolute atomic E-state index is 0. The summed E-state index contributed by atoms with van der Waals surface area (Å²) in [6, 6.07) is 0. The van der Waals surface area contributed by atoms with Gasteiger partial charge < -0.3 is 21.5 Å². The average molecular weight is 517 g/mol. The molecule has 0 bridgehead atoms. The van der Waals surface area contributed by atoms with E-state index in [1.54, 1.807) is 0 Å². The van der Waals surface area contributed by atoms with Crippen molar-refractivity contribution in [1.82, 2.24) is 0 Å². The monoisotopic (exact) mass is 515 g/mol. The third-order valence-electron chi connectivity index (χ3n) is 7.10. The summed E-state index contributed by atoms with van der Waals surface area (Å²) in [4.78, 5) is 0. The lowest BCUT2D eigenvalue weighted by Crippen LogP contribution is -3.00. The van der Waals surface area contributed by atoms with Gasteiger partial charge in [-0.05, 0) is 57.8 Å². The van der Waals surface area contributed by atoms with Crippen LogP contribution in [-0.2, 0) is 0 Å². The Bertz CT molecular complexity index is 344. The highest BCUT2D eigenvalue weighted by atomic mass is 79.9. The Hall–Kier alpha value is 0.180. The summed E-state index contributed by atoms with van der Waals surface area (Å²) in [6.07, 6.45) is 33.0. The van der Waals surface area contributed by atoms with Gasteiger partial charge in [-0.25, -0.2) is 0 Å². The third-order valence-corrected chi connectivity index (χ3v) is 7.10. The molecule has 0 rings (SSSR count). The Balaban J connectivity index is 0. The molecule has 0 aliphatic heterocycles. The van der Waals surface area contributed by atoms with Crippen LogP contribution in [0.5, 0.6) is 0 Å². The van der Waals surface area contributed by atoms with E-state index in [9.17, 15) is 0 Å². The average Bonchev–Trinajstić information content (AvgIpc) is 2.79. The second kappa shape index (κ2) is 27.4. The normalized spacial score (nSPS) is 11.9. The number of hydrogen-bond donors (Lipinski definition) is 0. The maximum absolute atomic E-state index is 2.45. The van der Waals surface area contributed by atoms with Crippen molar-refractivity contribution in [2.24, 2.45) is 0 Å². The molecule has 0 unspecified atom stereocenters. The predicted molar refractivity (Wildman–Crippen MR) is 144 cm³/mol. The summed E-state index contributed by atoms with van der Waals surface area (Å²) < 4.78 is 1.43. The zero-order valence-electron chi connectivity index (χ0n) is 23.0. The summed E-state index contributed by atoms with van der Waals surface area (Å²) in [6.45, 7) is 15.1. The summed E-state index contributed by atoms with van der Waals surface area (Å²) in [5, 5.41) is 0. The summed E-state index contributed by atoms with van der Waals surface area (Å²) in [5.74, 6) is 0. The van der Waals surface area contributed by atoms with Gasteiger partial charge in [0.2, 0.25) is 0 Å². The maximum atomic E-state index is 2.45. The van der Waals surface area contributed by atoms with Crippen LogP contribution in [-0.4, -0.2) is 30.7 Å². The Kier molecular flexibility index (Phi) is 29.4. The Morgan fingerprint density at radius 3 is 1.09 bits per heavy atom. The van der Waals surface area contributed by atoms with Crippen LogP contribution in [0.3, 0.4) is 0 Å². The van der Waals surface area contributed by atoms with E-state index in [0.29, 0.717) is 0 Å². The van der Waals surface area contributed by atoms with Gasteiger partial charge in [-0.15, -0.1) is 0 Å². The molecular formula is C30H62BrN. The molecule has 1 nitrogen and oxygen atoms in total. The lowest BCUT2D eigenvalue weighted by atomic mass is 10.1. The number of unbranched alkanes of at least 4 members (excludes halogenated alkanes) is 15. The van der Waals surface area contributed by atoms with E-state index < -0.39 is 0 Å². The molecule has 194 valence electrons. The van der Waals surface area contributed by atoms with Gasteiger partial charge >= 0.3 is 0 Å². The predicted octanol–water partition coefficient (Wildman–Crippen LogP) is 7.25. The van der Waals surface area contributed by atoms with Crippen molar-refractivity contribution in [2.75, 3.05) is 26.2 Å². The van der Waals surface area contributed by atoms with E-state index in [0.717, 1.165) is 0 Å². The molecule has 0 spiro atoms. The SMILES string of the molecule is CCCCCCCC/C=C\CCCCCCCC[N+](CCCC)(CCCC)CCCC.[Br-]. The molecule has 0 aliphatic rings. The first kappa shape index (κ1) is 34.3. The number of hydrogen-bond acceptors (Lipinski definition) is 0. The highest BCUT2D eigenvalue weighted by molar-refractivity contribution is 4.81. The van der Waals surface area contributed by atoms with E-state index in [2.05, 4.69) is 39.8 Å². The van der Waals surface area contributed by atoms with Crippen LogP contribution < -0.4 is 17.0 Å². The molecule has 0 fully saturated rings. The molecule has 0 aromatic heterocycles. The number of allylic oxidation sites excluding steroid dienone is 2. The number of rotatable bonds is 25. The summed E-state index contributed by atoms with van der Waals surface area (Å²) in [5.41, 5.74) is 0. The van der Waals surface area contributed by atoms with E-state index in [1.807, 2.05) is 0 Å². The van der Waals surface area contributed by atoms with Crippen LogP contribution in [0.2, 0.25) is 0 Å². The number of halogens is 1. The number of nitrogens with zero attached hydrogens (tertiary/aromatic N) is 1. The fraction of sp³-hybridized carbons (Fsp3) is 0.933. The Labute approximate surface area is 215 Å². The molecule has 0 aliphatic carbocycles. The zero-order chi connectivity index (χ0) is 22.9. The van der Waals surface area contributed by atoms with Gasteiger partial charge in [0.05, 0.1) is 26.2 Å². The Morgan fingerprint density at radius 2 is 0.688 bits per heavy atom. The van der Waals surface area contributed by atoms with Crippen LogP contribution in [0.25, 0.3) is 0 Å². The van der Waals surface area contributed by atoms with Crippen LogP contribution in [0.4, 0.5) is 0 Å². The van der Waals surface area contributed by atoms with E-state index in [1.165, 1.54) is 159 Å². The summed E-state index contributed by atoms with van der Waals surface area (Å²) >= 11 is 0. The van der Waals surface area contributed by atoms with E-state index in [-0.39, 0.29) is 17.0 Å². The van der Waals surface area contributed by atoms with Crippen molar-refractivity contribution in [1.29, 1.82) is 0 Å². The summed E-state index contributed by atoms with van der Waals surface area (Å²) in [7, 11) is 0. The molecule has 0 saturated carbocycles. The van der Waals surface area contributed by atoms with Gasteiger partial charge in [0.15, 0.2) is 0 Å². The van der Waals surface area contributed by atoms with Crippen molar-refractivity contribution in [3.05, 3.63) is 12.2 Å². The smallest absolute Gasteiger partial charge is 0.0786 e. The third kappa shape index (κ3) is 22.0. The molecule has 0 amide bonds. The molecule has 0 N–H and O–H groups in total. The second-order valence-electron chi connectivity index (χ2n) is 10.2. The van der Waals surface area contributed by atoms with Gasteiger partial charge in [-0.1, -0.05) is 110 Å². The highest BCUT2D eigenvalue weighted by Crippen LogP contribution is 2.18. The van der Waals surface area contributed by atoms with Gasteiger partial charge in [0.25, 0.3) is 0 Å². The first-order chi connectivity index (χ1) is 15.2. The maximum Gasteiger partial charge on any atom is 0.0786 e. The lowest BCUT2D eigenvalue weighted by Gasteiger charge is -2.39. The molecule has 32 heavy (non-hydrogen) atoms. The van der Waals surface area contributed by atoms with Gasteiger partial charge in [0.1, 0.15) is 0 Å². The quantitative estimate of drug-likeness (QED) is 0.0681. The van der Waals surface area contributed by atoms with Crippen molar-refractivity contribution in [3.63, 3.8) is 0 Å². The molecule has 0 atom stereocenters. The molecule has 0 aromatic rings. The number of quaternary nitrogens is 1. The standard InChI is InChI=1S/C30H62N.BrH/c1-5-9-13-14-15-16-17-18-19-20-21-22-23-24-25-26-30-31(27-10-6-2,28-11-7-3)29-12-8-4;/h18-19H,5-17,20-30H2,1-4H3;1H/q+1;/p-1/b19-18-;. The molecule has 0 aromatic carbocycles. The first-order valence-corrected chi connectivity index (χ1v) is 14.7. The van der Waals surface area contributed by atoms with Crippen molar-refractivity contribution < 1.29 is 21.5 Å². The van der Waals surface area contributed by atoms with Gasteiger partial charge in [-0.3, -0.25) is 0 Å². The molecule has 0 radical (unpaired) electrons. The molecular weight excluding hydrogens is 454 g/mol. The molecule has 0 heterocycles. The van der Waals surface area contributed by atoms with Crippen LogP contribution >= 0.6 is 0 Å². The topological polar surface area (TPSA) is 0 Å². The first-order valence-electron chi connectivity index (χ1n) is 14.7.